The summed E-state index contributed by atoms with van der Waals surface area (Å²) in [5.74, 6) is 0.194. The molecule has 2 rings (SSSR count). The highest BCUT2D eigenvalue weighted by Gasteiger charge is 2.22. The van der Waals surface area contributed by atoms with Gasteiger partial charge < -0.3 is 15.8 Å². The lowest BCUT2D eigenvalue weighted by Gasteiger charge is -2.24. The van der Waals surface area contributed by atoms with E-state index in [0.717, 1.165) is 0 Å². The van der Waals surface area contributed by atoms with Gasteiger partial charge in [0.1, 0.15) is 11.5 Å². The number of rotatable bonds is 11. The first-order valence-corrected chi connectivity index (χ1v) is 10.0. The van der Waals surface area contributed by atoms with Gasteiger partial charge in [-0.05, 0) is 44.5 Å². The predicted octanol–water partition coefficient (Wildman–Crippen LogP) is 5.40. The van der Waals surface area contributed by atoms with Crippen molar-refractivity contribution in [2.24, 2.45) is 5.73 Å². The second-order valence-corrected chi connectivity index (χ2v) is 7.27. The summed E-state index contributed by atoms with van der Waals surface area (Å²) >= 11 is 6.18. The van der Waals surface area contributed by atoms with Crippen molar-refractivity contribution < 1.29 is 13.9 Å². The van der Waals surface area contributed by atoms with Crippen molar-refractivity contribution in [1.82, 2.24) is 5.32 Å². The van der Waals surface area contributed by atoms with E-state index in [1.54, 1.807) is 24.3 Å². The van der Waals surface area contributed by atoms with Crippen molar-refractivity contribution in [2.45, 2.75) is 51.6 Å². The molecule has 0 saturated heterocycles. The molecule has 0 spiro atoms. The van der Waals surface area contributed by atoms with Crippen LogP contribution in [0.25, 0.3) is 0 Å². The number of hydrogen-bond acceptors (Lipinski definition) is 4. The predicted molar refractivity (Wildman–Crippen MR) is 111 cm³/mol. The monoisotopic (exact) mass is 406 g/mol. The van der Waals surface area contributed by atoms with Crippen LogP contribution in [-0.4, -0.2) is 18.4 Å². The normalized spacial score (nSPS) is 13.2. The maximum absolute atomic E-state index is 15.2. The Bertz CT molecular complexity index is 771. The minimum Gasteiger partial charge on any atom is -0.453 e. The molecule has 0 amide bonds. The van der Waals surface area contributed by atoms with E-state index < -0.39 is 5.82 Å². The molecule has 0 aliphatic rings. The number of Topliss-reactive ketones (excluding diaryl/α,β-unsaturated/α-hetero) is 1. The molecule has 28 heavy (non-hydrogen) atoms. The average Bonchev–Trinajstić information content (AvgIpc) is 2.69. The molecule has 0 bridgehead atoms. The number of ether oxygens (including phenoxy) is 1. The van der Waals surface area contributed by atoms with Crippen molar-refractivity contribution in [3.05, 3.63) is 58.9 Å². The van der Waals surface area contributed by atoms with Crippen LogP contribution in [0.5, 0.6) is 11.5 Å². The quantitative estimate of drug-likeness (QED) is 0.524. The van der Waals surface area contributed by atoms with Crippen molar-refractivity contribution in [3.63, 3.8) is 0 Å². The Hall–Kier alpha value is -1.95. The molecule has 0 saturated carbocycles. The van der Waals surface area contributed by atoms with E-state index in [2.05, 4.69) is 5.32 Å². The van der Waals surface area contributed by atoms with Gasteiger partial charge in [0, 0.05) is 30.5 Å². The number of benzene rings is 2. The molecule has 2 aromatic carbocycles. The largest absolute Gasteiger partial charge is 0.453 e. The molecule has 0 aromatic heterocycles. The number of nitrogens with two attached hydrogens (primary N) is 1. The van der Waals surface area contributed by atoms with Gasteiger partial charge in [0.15, 0.2) is 11.6 Å². The van der Waals surface area contributed by atoms with Gasteiger partial charge in [-0.1, -0.05) is 42.8 Å². The molecular weight excluding hydrogens is 379 g/mol. The minimum absolute atomic E-state index is 0.0114. The van der Waals surface area contributed by atoms with Crippen molar-refractivity contribution in [2.75, 3.05) is 6.54 Å². The standard InChI is InChI=1S/C22H28ClFN2O2/c1-3-20(26-15(2)14-16(27)8-7-13-25)18-11-12-19(23)22(21(18)24)28-17-9-5-4-6-10-17/h4-6,9-12,15,20,26H,3,7-8,13-14,25H2,1-2H3/t15-,20+/m0/s1. The van der Waals surface area contributed by atoms with Crippen LogP contribution in [0.2, 0.25) is 5.02 Å². The molecule has 4 nitrogen and oxygen atoms in total. The smallest absolute Gasteiger partial charge is 0.181 e. The van der Waals surface area contributed by atoms with Gasteiger partial charge in [-0.3, -0.25) is 4.79 Å². The lowest BCUT2D eigenvalue weighted by atomic mass is 10.0. The van der Waals surface area contributed by atoms with Gasteiger partial charge >= 0.3 is 0 Å². The van der Waals surface area contributed by atoms with Crippen LogP contribution in [0.3, 0.4) is 0 Å². The summed E-state index contributed by atoms with van der Waals surface area (Å²) < 4.78 is 20.9. The van der Waals surface area contributed by atoms with E-state index in [9.17, 15) is 4.79 Å². The van der Waals surface area contributed by atoms with E-state index >= 15 is 4.39 Å². The molecule has 0 aliphatic heterocycles. The lowest BCUT2D eigenvalue weighted by molar-refractivity contribution is -0.119. The summed E-state index contributed by atoms with van der Waals surface area (Å²) in [6.45, 7) is 4.40. The van der Waals surface area contributed by atoms with E-state index in [1.807, 2.05) is 32.0 Å². The van der Waals surface area contributed by atoms with Gasteiger partial charge in [0.05, 0.1) is 5.02 Å². The Morgan fingerprint density at radius 3 is 2.61 bits per heavy atom. The number of ketones is 1. The van der Waals surface area contributed by atoms with Gasteiger partial charge in [-0.15, -0.1) is 0 Å². The number of halogens is 2. The third kappa shape index (κ3) is 6.30. The number of carbonyl (C=O) groups is 1. The fourth-order valence-electron chi connectivity index (χ4n) is 3.09. The van der Waals surface area contributed by atoms with E-state index in [-0.39, 0.29) is 28.6 Å². The zero-order chi connectivity index (χ0) is 20.5. The summed E-state index contributed by atoms with van der Waals surface area (Å²) in [6.07, 6.45) is 2.21. The Labute approximate surface area is 171 Å². The molecular formula is C22H28ClFN2O2. The van der Waals surface area contributed by atoms with Gasteiger partial charge in [-0.2, -0.15) is 0 Å². The lowest BCUT2D eigenvalue weighted by Crippen LogP contribution is -2.32. The summed E-state index contributed by atoms with van der Waals surface area (Å²) in [5, 5.41) is 3.56. The zero-order valence-electron chi connectivity index (χ0n) is 16.4. The van der Waals surface area contributed by atoms with Crippen LogP contribution >= 0.6 is 11.6 Å². The maximum atomic E-state index is 15.2. The Balaban J connectivity index is 2.15. The van der Waals surface area contributed by atoms with E-state index in [1.165, 1.54) is 0 Å². The van der Waals surface area contributed by atoms with Crippen LogP contribution in [0.15, 0.2) is 42.5 Å². The molecule has 6 heteroatoms. The summed E-state index contributed by atoms with van der Waals surface area (Å²) in [7, 11) is 0. The topological polar surface area (TPSA) is 64.4 Å². The maximum Gasteiger partial charge on any atom is 0.181 e. The molecule has 3 N–H and O–H groups in total. The minimum atomic E-state index is -0.489. The van der Waals surface area contributed by atoms with Gasteiger partial charge in [-0.25, -0.2) is 4.39 Å². The second kappa shape index (κ2) is 11.1. The van der Waals surface area contributed by atoms with Crippen LogP contribution in [-0.2, 0) is 4.79 Å². The Kier molecular flexibility index (Phi) is 8.90. The van der Waals surface area contributed by atoms with E-state index in [0.29, 0.717) is 43.5 Å². The third-order valence-corrected chi connectivity index (χ3v) is 4.80. The molecule has 152 valence electrons. The van der Waals surface area contributed by atoms with Crippen LogP contribution in [0, 0.1) is 5.82 Å². The first-order valence-electron chi connectivity index (χ1n) is 9.64. The number of nitrogens with one attached hydrogen (secondary N) is 1. The van der Waals surface area contributed by atoms with Gasteiger partial charge in [0.2, 0.25) is 0 Å². The van der Waals surface area contributed by atoms with Crippen LogP contribution < -0.4 is 15.8 Å². The summed E-state index contributed by atoms with van der Waals surface area (Å²) in [4.78, 5) is 12.0. The first kappa shape index (κ1) is 22.3. The third-order valence-electron chi connectivity index (χ3n) is 4.51. The second-order valence-electron chi connectivity index (χ2n) is 6.86. The zero-order valence-corrected chi connectivity index (χ0v) is 17.1. The highest BCUT2D eigenvalue weighted by atomic mass is 35.5. The van der Waals surface area contributed by atoms with Crippen LogP contribution in [0.1, 0.15) is 51.1 Å². The van der Waals surface area contributed by atoms with Gasteiger partial charge in [0.25, 0.3) is 0 Å². The number of carbonyl (C=O) groups excluding carboxylic acids is 1. The Morgan fingerprint density at radius 2 is 1.96 bits per heavy atom. The molecule has 0 unspecified atom stereocenters. The molecule has 0 radical (unpaired) electrons. The number of hydrogen-bond donors (Lipinski definition) is 2. The SMILES string of the molecule is CC[C@@H](N[C@@H](C)CC(=O)CCCN)c1ccc(Cl)c(Oc2ccccc2)c1F. The van der Waals surface area contributed by atoms with Crippen molar-refractivity contribution >= 4 is 17.4 Å². The fourth-order valence-corrected chi connectivity index (χ4v) is 3.27. The Morgan fingerprint density at radius 1 is 1.25 bits per heavy atom. The molecule has 2 atom stereocenters. The van der Waals surface area contributed by atoms with Crippen LogP contribution in [0.4, 0.5) is 4.39 Å². The molecule has 2 aromatic rings. The molecule has 0 aliphatic carbocycles. The first-order chi connectivity index (χ1) is 13.5. The average molecular weight is 407 g/mol. The summed E-state index contributed by atoms with van der Waals surface area (Å²) in [6, 6.07) is 11.9. The highest BCUT2D eigenvalue weighted by molar-refractivity contribution is 6.32. The number of para-hydroxylation sites is 1. The highest BCUT2D eigenvalue weighted by Crippen LogP contribution is 2.36. The molecule has 0 heterocycles. The summed E-state index contributed by atoms with van der Waals surface area (Å²) in [5.41, 5.74) is 5.92. The fraction of sp³-hybridized carbons (Fsp3) is 0.409. The van der Waals surface area contributed by atoms with E-state index in [4.69, 9.17) is 22.1 Å². The molecule has 0 fully saturated rings. The van der Waals surface area contributed by atoms with Crippen molar-refractivity contribution in [1.29, 1.82) is 0 Å². The van der Waals surface area contributed by atoms with Crippen molar-refractivity contribution in [3.8, 4) is 11.5 Å².